The molecule has 1 atom stereocenters. The number of rotatable bonds is 5. The Balaban J connectivity index is 1.72. The summed E-state index contributed by atoms with van der Waals surface area (Å²) in [5, 5.41) is 8.27. The Morgan fingerprint density at radius 1 is 1.43 bits per heavy atom. The highest BCUT2D eigenvalue weighted by atomic mass is 32.1. The van der Waals surface area contributed by atoms with Crippen molar-refractivity contribution in [3.8, 4) is 0 Å². The van der Waals surface area contributed by atoms with Crippen LogP contribution in [0.2, 0.25) is 0 Å². The minimum Gasteiger partial charge on any atom is -0.361 e. The Labute approximate surface area is 139 Å². The van der Waals surface area contributed by atoms with Gasteiger partial charge in [0.15, 0.2) is 0 Å². The molecule has 1 amide bonds. The van der Waals surface area contributed by atoms with Gasteiger partial charge in [-0.15, -0.1) is 5.10 Å². The average Bonchev–Trinajstić information content (AvgIpc) is 3.15. The van der Waals surface area contributed by atoms with Gasteiger partial charge in [-0.2, -0.15) is 0 Å². The van der Waals surface area contributed by atoms with Gasteiger partial charge >= 0.3 is 0 Å². The lowest BCUT2D eigenvalue weighted by Crippen LogP contribution is -2.34. The van der Waals surface area contributed by atoms with Gasteiger partial charge in [0.25, 0.3) is 5.91 Å². The van der Waals surface area contributed by atoms with E-state index in [2.05, 4.69) is 45.0 Å². The molecule has 3 rings (SSSR count). The van der Waals surface area contributed by atoms with E-state index < -0.39 is 0 Å². The van der Waals surface area contributed by atoms with Crippen molar-refractivity contribution in [2.45, 2.75) is 39.7 Å². The second-order valence-electron chi connectivity index (χ2n) is 5.79. The molecule has 0 aliphatic carbocycles. The number of aromatic nitrogens is 3. The summed E-state index contributed by atoms with van der Waals surface area (Å²) < 4.78 is 3.87. The zero-order valence-corrected chi connectivity index (χ0v) is 14.3. The van der Waals surface area contributed by atoms with Gasteiger partial charge in [-0.05, 0) is 49.3 Å². The maximum Gasteiger partial charge on any atom is 0.265 e. The van der Waals surface area contributed by atoms with E-state index in [0.717, 1.165) is 30.1 Å². The van der Waals surface area contributed by atoms with Gasteiger partial charge in [0.1, 0.15) is 4.88 Å². The SMILES string of the molecule is CCc1nnsc1C(=O)N[C@H](C)Cc1c[nH]c2c(C)cccc12. The topological polar surface area (TPSA) is 70.7 Å². The number of nitrogens with one attached hydrogen (secondary N) is 2. The molecule has 2 N–H and O–H groups in total. The lowest BCUT2D eigenvalue weighted by atomic mass is 10.0. The number of aryl methyl sites for hydroxylation is 2. The second-order valence-corrected chi connectivity index (χ2v) is 6.55. The van der Waals surface area contributed by atoms with Gasteiger partial charge < -0.3 is 10.3 Å². The zero-order chi connectivity index (χ0) is 16.4. The summed E-state index contributed by atoms with van der Waals surface area (Å²) in [6.45, 7) is 6.09. The first-order chi connectivity index (χ1) is 11.1. The second kappa shape index (κ2) is 6.50. The quantitative estimate of drug-likeness (QED) is 0.755. The molecule has 0 aliphatic heterocycles. The molecule has 120 valence electrons. The minimum atomic E-state index is -0.0830. The van der Waals surface area contributed by atoms with Crippen LogP contribution in [0.25, 0.3) is 10.9 Å². The maximum atomic E-state index is 12.4. The Morgan fingerprint density at radius 3 is 3.04 bits per heavy atom. The number of para-hydroxylation sites is 1. The Morgan fingerprint density at radius 2 is 2.26 bits per heavy atom. The van der Waals surface area contributed by atoms with E-state index in [1.807, 2.05) is 20.0 Å². The molecule has 0 saturated carbocycles. The number of hydrogen-bond acceptors (Lipinski definition) is 4. The van der Waals surface area contributed by atoms with Gasteiger partial charge in [0, 0.05) is 23.1 Å². The van der Waals surface area contributed by atoms with Crippen LogP contribution in [-0.2, 0) is 12.8 Å². The number of amides is 1. The molecule has 0 saturated heterocycles. The summed E-state index contributed by atoms with van der Waals surface area (Å²) in [6, 6.07) is 6.31. The van der Waals surface area contributed by atoms with E-state index in [1.54, 1.807) is 0 Å². The Bertz CT molecular complexity index is 836. The van der Waals surface area contributed by atoms with Gasteiger partial charge in [-0.25, -0.2) is 0 Å². The van der Waals surface area contributed by atoms with Crippen LogP contribution in [0.4, 0.5) is 0 Å². The van der Waals surface area contributed by atoms with Crippen LogP contribution in [0.5, 0.6) is 0 Å². The molecular weight excluding hydrogens is 308 g/mol. The highest BCUT2D eigenvalue weighted by Gasteiger charge is 2.18. The van der Waals surface area contributed by atoms with Crippen LogP contribution in [0.1, 0.15) is 40.3 Å². The molecule has 6 heteroatoms. The molecule has 3 aromatic rings. The van der Waals surface area contributed by atoms with Crippen molar-refractivity contribution in [3.63, 3.8) is 0 Å². The molecule has 2 heterocycles. The Kier molecular flexibility index (Phi) is 4.43. The minimum absolute atomic E-state index is 0.0359. The van der Waals surface area contributed by atoms with Crippen LogP contribution in [0.15, 0.2) is 24.4 Å². The number of fused-ring (bicyclic) bond motifs is 1. The lowest BCUT2D eigenvalue weighted by molar-refractivity contribution is 0.0943. The lowest BCUT2D eigenvalue weighted by Gasteiger charge is -2.13. The fourth-order valence-electron chi connectivity index (χ4n) is 2.82. The first-order valence-corrected chi connectivity index (χ1v) is 8.55. The van der Waals surface area contributed by atoms with Crippen molar-refractivity contribution in [3.05, 3.63) is 46.1 Å². The summed E-state index contributed by atoms with van der Waals surface area (Å²) in [7, 11) is 0. The largest absolute Gasteiger partial charge is 0.361 e. The normalized spacial score (nSPS) is 12.5. The zero-order valence-electron chi connectivity index (χ0n) is 13.5. The predicted molar refractivity (Wildman–Crippen MR) is 93.0 cm³/mol. The van der Waals surface area contributed by atoms with Crippen molar-refractivity contribution in [2.75, 3.05) is 0 Å². The van der Waals surface area contributed by atoms with E-state index in [1.165, 1.54) is 22.0 Å². The van der Waals surface area contributed by atoms with Crippen molar-refractivity contribution < 1.29 is 4.79 Å². The van der Waals surface area contributed by atoms with E-state index in [9.17, 15) is 4.79 Å². The third-order valence-electron chi connectivity index (χ3n) is 4.01. The number of hydrogen-bond donors (Lipinski definition) is 2. The number of H-pyrrole nitrogens is 1. The third kappa shape index (κ3) is 3.12. The summed E-state index contributed by atoms with van der Waals surface area (Å²) in [4.78, 5) is 16.3. The van der Waals surface area contributed by atoms with E-state index in [-0.39, 0.29) is 11.9 Å². The summed E-state index contributed by atoms with van der Waals surface area (Å²) in [6.07, 6.45) is 3.53. The first kappa shape index (κ1) is 15.7. The smallest absolute Gasteiger partial charge is 0.265 e. The Hall–Kier alpha value is -2.21. The fraction of sp³-hybridized carbons (Fsp3) is 0.353. The van der Waals surface area contributed by atoms with Gasteiger partial charge in [0.05, 0.1) is 5.69 Å². The number of aromatic amines is 1. The van der Waals surface area contributed by atoms with Crippen LogP contribution in [0, 0.1) is 6.92 Å². The van der Waals surface area contributed by atoms with Crippen molar-refractivity contribution >= 4 is 28.3 Å². The summed E-state index contributed by atoms with van der Waals surface area (Å²) >= 11 is 1.16. The molecule has 1 aromatic carbocycles. The van der Waals surface area contributed by atoms with Crippen LogP contribution in [-0.4, -0.2) is 26.5 Å². The van der Waals surface area contributed by atoms with Crippen molar-refractivity contribution in [1.29, 1.82) is 0 Å². The first-order valence-electron chi connectivity index (χ1n) is 7.77. The molecule has 0 bridgehead atoms. The molecule has 0 aliphatic rings. The van der Waals surface area contributed by atoms with E-state index in [0.29, 0.717) is 4.88 Å². The van der Waals surface area contributed by atoms with Crippen LogP contribution < -0.4 is 5.32 Å². The molecule has 0 radical (unpaired) electrons. The molecule has 23 heavy (non-hydrogen) atoms. The highest BCUT2D eigenvalue weighted by Crippen LogP contribution is 2.22. The van der Waals surface area contributed by atoms with Gasteiger partial charge in [0.2, 0.25) is 0 Å². The molecule has 0 unspecified atom stereocenters. The van der Waals surface area contributed by atoms with Crippen molar-refractivity contribution in [2.24, 2.45) is 0 Å². The van der Waals surface area contributed by atoms with Crippen LogP contribution >= 0.6 is 11.5 Å². The van der Waals surface area contributed by atoms with E-state index in [4.69, 9.17) is 0 Å². The monoisotopic (exact) mass is 328 g/mol. The summed E-state index contributed by atoms with van der Waals surface area (Å²) in [5.41, 5.74) is 4.38. The number of carbonyl (C=O) groups excluding carboxylic acids is 1. The van der Waals surface area contributed by atoms with Gasteiger partial charge in [-0.3, -0.25) is 4.79 Å². The molecule has 2 aromatic heterocycles. The predicted octanol–water partition coefficient (Wildman–Crippen LogP) is 3.25. The van der Waals surface area contributed by atoms with Crippen LogP contribution in [0.3, 0.4) is 0 Å². The molecule has 5 nitrogen and oxygen atoms in total. The van der Waals surface area contributed by atoms with E-state index >= 15 is 0 Å². The molecule has 0 spiro atoms. The standard InChI is InChI=1S/C17H20N4OS/c1-4-14-16(23-21-20-14)17(22)19-11(3)8-12-9-18-15-10(2)6-5-7-13(12)15/h5-7,9,11,18H,4,8H2,1-3H3,(H,19,22)/t11-/m1/s1. The molecule has 0 fully saturated rings. The fourth-order valence-corrected chi connectivity index (χ4v) is 3.47. The highest BCUT2D eigenvalue weighted by molar-refractivity contribution is 7.08. The number of nitrogens with zero attached hydrogens (tertiary/aromatic N) is 2. The summed E-state index contributed by atoms with van der Waals surface area (Å²) in [5.74, 6) is -0.0830. The number of benzene rings is 1. The van der Waals surface area contributed by atoms with Gasteiger partial charge in [-0.1, -0.05) is 29.6 Å². The average molecular weight is 328 g/mol. The third-order valence-corrected chi connectivity index (χ3v) is 4.78. The number of carbonyl (C=O) groups is 1. The molecular formula is C17H20N4OS. The van der Waals surface area contributed by atoms with Crippen molar-refractivity contribution in [1.82, 2.24) is 19.9 Å². The maximum absolute atomic E-state index is 12.4.